The molecule has 0 spiro atoms. The molecule has 0 aliphatic carbocycles. The molecule has 0 fully saturated rings. The van der Waals surface area contributed by atoms with Gasteiger partial charge in [0, 0.05) is 22.9 Å². The molecule has 0 atom stereocenters. The highest BCUT2D eigenvalue weighted by Gasteiger charge is 2.10. The van der Waals surface area contributed by atoms with E-state index in [0.717, 1.165) is 21.8 Å². The zero-order chi connectivity index (χ0) is 17.6. The highest BCUT2D eigenvalue weighted by Crippen LogP contribution is 2.26. The van der Waals surface area contributed by atoms with E-state index in [0.29, 0.717) is 12.1 Å². The van der Waals surface area contributed by atoms with Gasteiger partial charge in [-0.25, -0.2) is 14.6 Å². The van der Waals surface area contributed by atoms with Crippen molar-refractivity contribution < 1.29 is 14.3 Å². The molecule has 2 amide bonds. The quantitative estimate of drug-likeness (QED) is 0.648. The third kappa shape index (κ3) is 4.65. The third-order valence-electron chi connectivity index (χ3n) is 3.33. The molecule has 0 aliphatic rings. The van der Waals surface area contributed by atoms with Crippen molar-refractivity contribution in [1.82, 2.24) is 10.3 Å². The van der Waals surface area contributed by atoms with E-state index < -0.39 is 12.0 Å². The summed E-state index contributed by atoms with van der Waals surface area (Å²) in [4.78, 5) is 27.2. The number of nitrogens with two attached hydrogens (primary N) is 1. The lowest BCUT2D eigenvalue weighted by molar-refractivity contribution is 0.0468. The van der Waals surface area contributed by atoms with Crippen LogP contribution in [-0.2, 0) is 17.9 Å². The molecule has 25 heavy (non-hydrogen) atoms. The number of benzene rings is 1. The number of thiophene rings is 1. The van der Waals surface area contributed by atoms with Crippen LogP contribution in [0.25, 0.3) is 10.6 Å². The van der Waals surface area contributed by atoms with Crippen LogP contribution in [0.3, 0.4) is 0 Å². The first-order valence-corrected chi connectivity index (χ1v) is 9.20. The lowest BCUT2D eigenvalue weighted by Crippen LogP contribution is -2.28. The van der Waals surface area contributed by atoms with E-state index in [2.05, 4.69) is 10.3 Å². The molecule has 0 bridgehead atoms. The van der Waals surface area contributed by atoms with E-state index in [1.807, 2.05) is 22.2 Å². The van der Waals surface area contributed by atoms with Crippen molar-refractivity contribution >= 4 is 34.7 Å². The van der Waals surface area contributed by atoms with Crippen molar-refractivity contribution in [1.29, 1.82) is 0 Å². The molecular formula is C17H15N3O3S2. The summed E-state index contributed by atoms with van der Waals surface area (Å²) in [6.45, 7) is 0.444. The van der Waals surface area contributed by atoms with Gasteiger partial charge in [0.15, 0.2) is 0 Å². The number of ether oxygens (including phenoxy) is 1. The summed E-state index contributed by atoms with van der Waals surface area (Å²) in [5, 5.41) is 9.32. The number of hydrogen-bond donors (Lipinski definition) is 2. The van der Waals surface area contributed by atoms with E-state index in [9.17, 15) is 9.59 Å². The molecule has 0 aliphatic heterocycles. The van der Waals surface area contributed by atoms with E-state index >= 15 is 0 Å². The van der Waals surface area contributed by atoms with Crippen LogP contribution >= 0.6 is 22.7 Å². The van der Waals surface area contributed by atoms with Crippen molar-refractivity contribution in [2.24, 2.45) is 5.73 Å². The minimum atomic E-state index is -0.589. The lowest BCUT2D eigenvalue weighted by atomic mass is 10.1. The standard InChI is InChI=1S/C17H15N3O3S2/c18-17(22)19-7-11-1-3-12(4-2-11)16(21)23-8-14-10-25-15(20-14)13-5-6-24-9-13/h1-6,9-10H,7-8H2,(H3,18,19,22). The van der Waals surface area contributed by atoms with Crippen LogP contribution in [0.5, 0.6) is 0 Å². The summed E-state index contributed by atoms with van der Waals surface area (Å²) in [7, 11) is 0. The lowest BCUT2D eigenvalue weighted by Gasteiger charge is -2.05. The van der Waals surface area contributed by atoms with Crippen LogP contribution in [0.4, 0.5) is 4.79 Å². The molecule has 0 saturated carbocycles. The van der Waals surface area contributed by atoms with Crippen molar-refractivity contribution in [2.75, 3.05) is 0 Å². The Morgan fingerprint density at radius 3 is 2.64 bits per heavy atom. The Morgan fingerprint density at radius 2 is 1.96 bits per heavy atom. The van der Waals surface area contributed by atoms with E-state index in [-0.39, 0.29) is 6.61 Å². The molecule has 3 rings (SSSR count). The van der Waals surface area contributed by atoms with Gasteiger partial charge in [-0.05, 0) is 29.1 Å². The number of urea groups is 1. The summed E-state index contributed by atoms with van der Waals surface area (Å²) in [6.07, 6.45) is 0. The minimum absolute atomic E-state index is 0.129. The Balaban J connectivity index is 1.54. The number of nitrogens with one attached hydrogen (secondary N) is 1. The molecule has 1 aromatic carbocycles. The number of esters is 1. The zero-order valence-corrected chi connectivity index (χ0v) is 14.7. The topological polar surface area (TPSA) is 94.3 Å². The van der Waals surface area contributed by atoms with E-state index in [1.54, 1.807) is 35.6 Å². The smallest absolute Gasteiger partial charge is 0.338 e. The predicted octanol–water partition coefficient (Wildman–Crippen LogP) is 3.40. The molecule has 0 radical (unpaired) electrons. The summed E-state index contributed by atoms with van der Waals surface area (Å²) in [5.41, 5.74) is 8.10. The number of carbonyl (C=O) groups excluding carboxylic acids is 2. The molecular weight excluding hydrogens is 358 g/mol. The average molecular weight is 373 g/mol. The van der Waals surface area contributed by atoms with Crippen LogP contribution < -0.4 is 11.1 Å². The highest BCUT2D eigenvalue weighted by atomic mass is 32.1. The van der Waals surface area contributed by atoms with Gasteiger partial charge in [-0.3, -0.25) is 0 Å². The molecule has 8 heteroatoms. The number of carbonyl (C=O) groups is 2. The number of nitrogens with zero attached hydrogens (tertiary/aromatic N) is 1. The fraction of sp³-hybridized carbons (Fsp3) is 0.118. The zero-order valence-electron chi connectivity index (χ0n) is 13.1. The minimum Gasteiger partial charge on any atom is -0.456 e. The van der Waals surface area contributed by atoms with Crippen molar-refractivity contribution in [3.8, 4) is 10.6 Å². The van der Waals surface area contributed by atoms with Gasteiger partial charge in [0.2, 0.25) is 0 Å². The van der Waals surface area contributed by atoms with Gasteiger partial charge in [0.25, 0.3) is 0 Å². The van der Waals surface area contributed by atoms with Crippen molar-refractivity contribution in [2.45, 2.75) is 13.2 Å². The van der Waals surface area contributed by atoms with Crippen LogP contribution in [0, 0.1) is 0 Å². The van der Waals surface area contributed by atoms with E-state index in [4.69, 9.17) is 10.5 Å². The Bertz CT molecular complexity index is 858. The molecule has 0 saturated heterocycles. The van der Waals surface area contributed by atoms with Gasteiger partial charge in [-0.2, -0.15) is 11.3 Å². The largest absolute Gasteiger partial charge is 0.456 e. The number of primary amides is 1. The normalized spacial score (nSPS) is 10.4. The van der Waals surface area contributed by atoms with Crippen LogP contribution in [0.1, 0.15) is 21.6 Å². The van der Waals surface area contributed by atoms with Gasteiger partial charge >= 0.3 is 12.0 Å². The maximum absolute atomic E-state index is 12.1. The Morgan fingerprint density at radius 1 is 1.16 bits per heavy atom. The van der Waals surface area contributed by atoms with Gasteiger partial charge in [-0.15, -0.1) is 11.3 Å². The molecule has 3 aromatic rings. The van der Waals surface area contributed by atoms with Gasteiger partial charge in [-0.1, -0.05) is 12.1 Å². The first-order valence-electron chi connectivity index (χ1n) is 7.38. The molecule has 6 nitrogen and oxygen atoms in total. The summed E-state index contributed by atoms with van der Waals surface area (Å²) >= 11 is 3.14. The first-order chi connectivity index (χ1) is 12.1. The second-order valence-electron chi connectivity index (χ2n) is 5.15. The number of rotatable bonds is 6. The van der Waals surface area contributed by atoms with Gasteiger partial charge in [0.05, 0.1) is 11.3 Å². The predicted molar refractivity (Wildman–Crippen MR) is 97.4 cm³/mol. The Labute approximate surface area is 152 Å². The van der Waals surface area contributed by atoms with Crippen molar-refractivity contribution in [3.05, 3.63) is 63.3 Å². The van der Waals surface area contributed by atoms with Crippen LogP contribution in [-0.4, -0.2) is 17.0 Å². The molecule has 0 unspecified atom stereocenters. The number of amides is 2. The van der Waals surface area contributed by atoms with Crippen LogP contribution in [0.15, 0.2) is 46.5 Å². The SMILES string of the molecule is NC(=O)NCc1ccc(C(=O)OCc2csc(-c3ccsc3)n2)cc1. The molecule has 2 aromatic heterocycles. The second kappa shape index (κ2) is 7.91. The monoisotopic (exact) mass is 373 g/mol. The second-order valence-corrected chi connectivity index (χ2v) is 6.79. The molecule has 3 N–H and O–H groups in total. The van der Waals surface area contributed by atoms with E-state index in [1.165, 1.54) is 11.3 Å². The summed E-state index contributed by atoms with van der Waals surface area (Å²) in [5.74, 6) is -0.417. The van der Waals surface area contributed by atoms with Crippen molar-refractivity contribution in [3.63, 3.8) is 0 Å². The maximum atomic E-state index is 12.1. The maximum Gasteiger partial charge on any atom is 0.338 e. The highest BCUT2D eigenvalue weighted by molar-refractivity contribution is 7.14. The number of thiazole rings is 1. The number of hydrogen-bond acceptors (Lipinski definition) is 6. The Hall–Kier alpha value is -2.71. The average Bonchev–Trinajstić information content (AvgIpc) is 3.29. The Kier molecular flexibility index (Phi) is 5.42. The summed E-state index contributed by atoms with van der Waals surface area (Å²) in [6, 6.07) is 8.20. The summed E-state index contributed by atoms with van der Waals surface area (Å²) < 4.78 is 5.30. The first kappa shape index (κ1) is 17.1. The number of aromatic nitrogens is 1. The van der Waals surface area contributed by atoms with Gasteiger partial charge in [0.1, 0.15) is 11.6 Å². The van der Waals surface area contributed by atoms with Gasteiger partial charge < -0.3 is 15.8 Å². The third-order valence-corrected chi connectivity index (χ3v) is 4.95. The molecule has 128 valence electrons. The fourth-order valence-electron chi connectivity index (χ4n) is 2.06. The fourth-order valence-corrected chi connectivity index (χ4v) is 3.58. The van der Waals surface area contributed by atoms with Crippen LogP contribution in [0.2, 0.25) is 0 Å². The molecule has 2 heterocycles.